The highest BCUT2D eigenvalue weighted by molar-refractivity contribution is 6.00. The van der Waals surface area contributed by atoms with Gasteiger partial charge in [0, 0.05) is 12.6 Å². The van der Waals surface area contributed by atoms with E-state index in [-0.39, 0.29) is 5.91 Å². The number of ether oxygens (including phenoxy) is 1. The van der Waals surface area contributed by atoms with Crippen molar-refractivity contribution in [3.8, 4) is 5.75 Å². The minimum atomic E-state index is 0.00593. The second-order valence-electron chi connectivity index (χ2n) is 4.24. The van der Waals surface area contributed by atoms with E-state index in [2.05, 4.69) is 0 Å². The van der Waals surface area contributed by atoms with Gasteiger partial charge >= 0.3 is 0 Å². The van der Waals surface area contributed by atoms with Crippen LogP contribution in [0.25, 0.3) is 0 Å². The molecule has 0 aliphatic heterocycles. The van der Waals surface area contributed by atoms with E-state index in [4.69, 9.17) is 10.5 Å². The number of rotatable bonds is 4. The first-order chi connectivity index (χ1) is 8.19. The summed E-state index contributed by atoms with van der Waals surface area (Å²) in [5.74, 6) is 0.564. The lowest BCUT2D eigenvalue weighted by Crippen LogP contribution is -2.33. The lowest BCUT2D eigenvalue weighted by Gasteiger charge is -2.21. The molecule has 1 fully saturated rings. The van der Waals surface area contributed by atoms with Crippen molar-refractivity contribution < 1.29 is 9.53 Å². The molecule has 0 atom stereocenters. The van der Waals surface area contributed by atoms with E-state index in [1.165, 1.54) is 0 Å². The van der Waals surface area contributed by atoms with Crippen LogP contribution in [0.2, 0.25) is 0 Å². The number of benzene rings is 1. The molecule has 0 aromatic heterocycles. The molecule has 1 aliphatic carbocycles. The number of hydrogen-bond donors (Lipinski definition) is 1. The molecular weight excluding hydrogens is 216 g/mol. The van der Waals surface area contributed by atoms with Crippen LogP contribution in [0.1, 0.15) is 30.1 Å². The first kappa shape index (κ1) is 11.8. The molecule has 0 saturated heterocycles. The fourth-order valence-corrected chi connectivity index (χ4v) is 2.02. The van der Waals surface area contributed by atoms with Gasteiger partial charge in [0.05, 0.1) is 18.4 Å². The van der Waals surface area contributed by atoms with E-state index in [1.807, 2.05) is 11.8 Å². The summed E-state index contributed by atoms with van der Waals surface area (Å²) in [6, 6.07) is 5.71. The average molecular weight is 234 g/mol. The van der Waals surface area contributed by atoms with Crippen LogP contribution in [0.5, 0.6) is 5.75 Å². The minimum Gasteiger partial charge on any atom is -0.495 e. The summed E-state index contributed by atoms with van der Waals surface area (Å²) in [6.07, 6.45) is 2.20. The Hall–Kier alpha value is -1.71. The zero-order valence-corrected chi connectivity index (χ0v) is 10.3. The van der Waals surface area contributed by atoms with Crippen molar-refractivity contribution in [2.24, 2.45) is 0 Å². The maximum absolute atomic E-state index is 12.3. The molecule has 4 nitrogen and oxygen atoms in total. The highest BCUT2D eigenvalue weighted by atomic mass is 16.5. The van der Waals surface area contributed by atoms with Gasteiger partial charge in [0.15, 0.2) is 0 Å². The maximum atomic E-state index is 12.3. The van der Waals surface area contributed by atoms with E-state index in [0.717, 1.165) is 19.4 Å². The van der Waals surface area contributed by atoms with Crippen molar-refractivity contribution in [3.63, 3.8) is 0 Å². The van der Waals surface area contributed by atoms with Gasteiger partial charge in [0.25, 0.3) is 5.91 Å². The van der Waals surface area contributed by atoms with Crippen LogP contribution in [0.4, 0.5) is 5.69 Å². The Morgan fingerprint density at radius 2 is 2.24 bits per heavy atom. The summed E-state index contributed by atoms with van der Waals surface area (Å²) in [5.41, 5.74) is 6.90. The molecule has 4 heteroatoms. The van der Waals surface area contributed by atoms with Gasteiger partial charge in [0.1, 0.15) is 5.75 Å². The number of methoxy groups -OCH3 is 1. The second kappa shape index (κ2) is 4.65. The number of para-hydroxylation sites is 1. The van der Waals surface area contributed by atoms with Gasteiger partial charge in [-0.15, -0.1) is 0 Å². The van der Waals surface area contributed by atoms with Crippen molar-refractivity contribution >= 4 is 11.6 Å². The molecule has 17 heavy (non-hydrogen) atoms. The number of carbonyl (C=O) groups excluding carboxylic acids is 1. The Morgan fingerprint density at radius 1 is 1.53 bits per heavy atom. The molecule has 0 heterocycles. The summed E-state index contributed by atoms with van der Waals surface area (Å²) in [6.45, 7) is 2.72. The molecule has 1 saturated carbocycles. The molecule has 0 radical (unpaired) electrons. The molecule has 0 bridgehead atoms. The Labute approximate surface area is 101 Å². The summed E-state index contributed by atoms with van der Waals surface area (Å²) >= 11 is 0. The zero-order chi connectivity index (χ0) is 12.4. The zero-order valence-electron chi connectivity index (χ0n) is 10.3. The van der Waals surface area contributed by atoms with Crippen molar-refractivity contribution in [1.29, 1.82) is 0 Å². The Bertz CT molecular complexity index is 427. The van der Waals surface area contributed by atoms with Crippen molar-refractivity contribution in [3.05, 3.63) is 23.8 Å². The highest BCUT2D eigenvalue weighted by Crippen LogP contribution is 2.31. The molecule has 0 unspecified atom stereocenters. The second-order valence-corrected chi connectivity index (χ2v) is 4.24. The van der Waals surface area contributed by atoms with E-state index < -0.39 is 0 Å². The molecule has 1 aromatic carbocycles. The largest absolute Gasteiger partial charge is 0.495 e. The van der Waals surface area contributed by atoms with Gasteiger partial charge in [-0.1, -0.05) is 6.07 Å². The third-order valence-corrected chi connectivity index (χ3v) is 3.11. The van der Waals surface area contributed by atoms with E-state index in [0.29, 0.717) is 23.0 Å². The highest BCUT2D eigenvalue weighted by Gasteiger charge is 2.32. The normalized spacial score (nSPS) is 14.5. The minimum absolute atomic E-state index is 0.00593. The topological polar surface area (TPSA) is 55.6 Å². The number of nitrogen functional groups attached to an aromatic ring is 1. The summed E-state index contributed by atoms with van der Waals surface area (Å²) < 4.78 is 5.13. The van der Waals surface area contributed by atoms with Crippen LogP contribution < -0.4 is 10.5 Å². The monoisotopic (exact) mass is 234 g/mol. The average Bonchev–Trinajstić information content (AvgIpc) is 3.14. The van der Waals surface area contributed by atoms with Crippen molar-refractivity contribution in [1.82, 2.24) is 4.90 Å². The van der Waals surface area contributed by atoms with Crippen LogP contribution >= 0.6 is 0 Å². The Morgan fingerprint density at radius 3 is 2.76 bits per heavy atom. The van der Waals surface area contributed by atoms with Crippen molar-refractivity contribution in [2.75, 3.05) is 19.4 Å². The molecule has 2 N–H and O–H groups in total. The van der Waals surface area contributed by atoms with Crippen LogP contribution in [-0.4, -0.2) is 30.5 Å². The van der Waals surface area contributed by atoms with E-state index >= 15 is 0 Å². The molecule has 1 amide bonds. The van der Waals surface area contributed by atoms with E-state index in [9.17, 15) is 4.79 Å². The molecule has 2 rings (SSSR count). The first-order valence-corrected chi connectivity index (χ1v) is 5.92. The number of hydrogen-bond acceptors (Lipinski definition) is 3. The lowest BCUT2D eigenvalue weighted by molar-refractivity contribution is 0.0753. The molecule has 0 spiro atoms. The molecule has 1 aliphatic rings. The SMILES string of the molecule is CCN(C(=O)c1cccc(OC)c1N)C1CC1. The maximum Gasteiger partial charge on any atom is 0.256 e. The Balaban J connectivity index is 2.29. The molecule has 92 valence electrons. The number of nitrogens with two attached hydrogens (primary N) is 1. The third-order valence-electron chi connectivity index (χ3n) is 3.11. The summed E-state index contributed by atoms with van der Waals surface area (Å²) in [5, 5.41) is 0. The Kier molecular flexibility index (Phi) is 3.22. The van der Waals surface area contributed by atoms with Gasteiger partial charge in [0.2, 0.25) is 0 Å². The van der Waals surface area contributed by atoms with Crippen LogP contribution in [0.15, 0.2) is 18.2 Å². The summed E-state index contributed by atoms with van der Waals surface area (Å²) in [7, 11) is 1.55. The molecule has 1 aromatic rings. The van der Waals surface area contributed by atoms with Crippen molar-refractivity contribution in [2.45, 2.75) is 25.8 Å². The fraction of sp³-hybridized carbons (Fsp3) is 0.462. The smallest absolute Gasteiger partial charge is 0.256 e. The number of anilines is 1. The fourth-order valence-electron chi connectivity index (χ4n) is 2.02. The van der Waals surface area contributed by atoms with Crippen LogP contribution in [-0.2, 0) is 0 Å². The van der Waals surface area contributed by atoms with Crippen LogP contribution in [0, 0.1) is 0 Å². The van der Waals surface area contributed by atoms with Crippen LogP contribution in [0.3, 0.4) is 0 Å². The molecular formula is C13H18N2O2. The predicted molar refractivity (Wildman–Crippen MR) is 67.1 cm³/mol. The standard InChI is InChI=1S/C13H18N2O2/c1-3-15(9-7-8-9)13(16)10-5-4-6-11(17-2)12(10)14/h4-6,9H,3,7-8,14H2,1-2H3. The van der Waals surface area contributed by atoms with Gasteiger partial charge in [-0.05, 0) is 31.9 Å². The van der Waals surface area contributed by atoms with Gasteiger partial charge in [-0.2, -0.15) is 0 Å². The number of nitrogens with zero attached hydrogens (tertiary/aromatic N) is 1. The van der Waals surface area contributed by atoms with Gasteiger partial charge in [-0.3, -0.25) is 4.79 Å². The number of amides is 1. The predicted octanol–water partition coefficient (Wildman–Crippen LogP) is 1.90. The number of carbonyl (C=O) groups is 1. The quantitative estimate of drug-likeness (QED) is 0.809. The van der Waals surface area contributed by atoms with E-state index in [1.54, 1.807) is 25.3 Å². The lowest BCUT2D eigenvalue weighted by atomic mass is 10.1. The third kappa shape index (κ3) is 2.20. The van der Waals surface area contributed by atoms with Gasteiger partial charge in [-0.25, -0.2) is 0 Å². The summed E-state index contributed by atoms with van der Waals surface area (Å²) in [4.78, 5) is 14.2. The first-order valence-electron chi connectivity index (χ1n) is 5.92. The van der Waals surface area contributed by atoms with Gasteiger partial charge < -0.3 is 15.4 Å².